The third-order valence-electron chi connectivity index (χ3n) is 5.56. The number of rotatable bonds is 6. The van der Waals surface area contributed by atoms with E-state index in [1.807, 2.05) is 24.3 Å². The molecule has 2 atom stereocenters. The van der Waals surface area contributed by atoms with Crippen molar-refractivity contribution < 1.29 is 24.1 Å². The molecule has 2 heterocycles. The van der Waals surface area contributed by atoms with Crippen LogP contribution in [0, 0.1) is 12.3 Å². The fourth-order valence-electron chi connectivity index (χ4n) is 3.79. The fourth-order valence-corrected chi connectivity index (χ4v) is 3.79. The van der Waals surface area contributed by atoms with Gasteiger partial charge in [0.15, 0.2) is 18.2 Å². The van der Waals surface area contributed by atoms with E-state index in [9.17, 15) is 5.11 Å². The average Bonchev–Trinajstić information content (AvgIpc) is 2.81. The molecule has 2 aliphatic heterocycles. The first kappa shape index (κ1) is 20.7. The van der Waals surface area contributed by atoms with Crippen LogP contribution in [0.3, 0.4) is 0 Å². The van der Waals surface area contributed by atoms with Crippen molar-refractivity contribution >= 4 is 0 Å². The lowest BCUT2D eigenvalue weighted by Gasteiger charge is -2.26. The minimum atomic E-state index is -1.54. The Labute approximate surface area is 177 Å². The number of terminal acetylenes is 1. The van der Waals surface area contributed by atoms with Crippen LogP contribution in [0.25, 0.3) is 0 Å². The summed E-state index contributed by atoms with van der Waals surface area (Å²) in [6.07, 6.45) is 11.4. The van der Waals surface area contributed by atoms with Crippen molar-refractivity contribution in [2.45, 2.75) is 56.7 Å². The van der Waals surface area contributed by atoms with Gasteiger partial charge in [-0.25, -0.2) is 0 Å². The maximum absolute atomic E-state index is 11.2. The summed E-state index contributed by atoms with van der Waals surface area (Å²) in [6, 6.07) is 14.4. The van der Waals surface area contributed by atoms with E-state index in [-0.39, 0.29) is 12.6 Å². The van der Waals surface area contributed by atoms with Gasteiger partial charge < -0.3 is 24.1 Å². The van der Waals surface area contributed by atoms with Gasteiger partial charge in [0.2, 0.25) is 0 Å². The van der Waals surface area contributed by atoms with E-state index in [2.05, 4.69) is 5.92 Å². The second-order valence-electron chi connectivity index (χ2n) is 7.73. The Kier molecular flexibility index (Phi) is 6.59. The molecule has 2 unspecified atom stereocenters. The second kappa shape index (κ2) is 9.53. The molecule has 2 aliphatic rings. The molecule has 2 saturated heterocycles. The van der Waals surface area contributed by atoms with Crippen molar-refractivity contribution in [2.75, 3.05) is 13.2 Å². The van der Waals surface area contributed by atoms with Crippen LogP contribution in [0.4, 0.5) is 0 Å². The lowest BCUT2D eigenvalue weighted by atomic mass is 9.87. The Hall–Kier alpha value is -2.52. The first-order chi connectivity index (χ1) is 14.7. The van der Waals surface area contributed by atoms with Crippen molar-refractivity contribution in [1.29, 1.82) is 0 Å². The Morgan fingerprint density at radius 2 is 1.20 bits per heavy atom. The summed E-state index contributed by atoms with van der Waals surface area (Å²) >= 11 is 0. The smallest absolute Gasteiger partial charge is 0.199 e. The number of benzene rings is 2. The van der Waals surface area contributed by atoms with Crippen molar-refractivity contribution in [3.05, 3.63) is 59.7 Å². The molecule has 4 rings (SSSR count). The molecular formula is C25H28O5. The van der Waals surface area contributed by atoms with Crippen LogP contribution in [-0.2, 0) is 15.1 Å². The van der Waals surface area contributed by atoms with Crippen LogP contribution in [0.5, 0.6) is 11.5 Å². The van der Waals surface area contributed by atoms with Gasteiger partial charge in [-0.1, -0.05) is 30.2 Å². The summed E-state index contributed by atoms with van der Waals surface area (Å²) < 4.78 is 23.0. The highest BCUT2D eigenvalue weighted by Gasteiger charge is 2.29. The van der Waals surface area contributed by atoms with Crippen LogP contribution in [0.15, 0.2) is 48.5 Å². The zero-order valence-corrected chi connectivity index (χ0v) is 17.1. The Morgan fingerprint density at radius 1 is 0.767 bits per heavy atom. The van der Waals surface area contributed by atoms with Gasteiger partial charge in [-0.3, -0.25) is 0 Å². The first-order valence-electron chi connectivity index (χ1n) is 10.6. The SMILES string of the molecule is C#CC(O)(c1ccc(OC2CCCCO2)cc1)c1ccc(OC2CCCCO2)cc1. The van der Waals surface area contributed by atoms with Crippen LogP contribution in [-0.4, -0.2) is 30.9 Å². The quantitative estimate of drug-likeness (QED) is 0.720. The van der Waals surface area contributed by atoms with Crippen LogP contribution < -0.4 is 9.47 Å². The third-order valence-corrected chi connectivity index (χ3v) is 5.56. The van der Waals surface area contributed by atoms with E-state index in [1.165, 1.54) is 0 Å². The van der Waals surface area contributed by atoms with Crippen LogP contribution in [0.1, 0.15) is 49.7 Å². The molecule has 0 aromatic heterocycles. The molecule has 30 heavy (non-hydrogen) atoms. The molecule has 0 radical (unpaired) electrons. The van der Waals surface area contributed by atoms with Gasteiger partial charge >= 0.3 is 0 Å². The lowest BCUT2D eigenvalue weighted by Crippen LogP contribution is -2.26. The van der Waals surface area contributed by atoms with E-state index < -0.39 is 5.60 Å². The molecule has 1 N–H and O–H groups in total. The van der Waals surface area contributed by atoms with Gasteiger partial charge in [0.05, 0.1) is 13.2 Å². The standard InChI is InChI=1S/C25H28O5/c1-2-25(26,19-9-13-21(14-10-19)29-23-7-3-5-17-27-23)20-11-15-22(16-12-20)30-24-8-4-6-18-28-24/h1,9-16,23-24,26H,3-8,17-18H2. The summed E-state index contributed by atoms with van der Waals surface area (Å²) in [4.78, 5) is 0. The van der Waals surface area contributed by atoms with Gasteiger partial charge in [0, 0.05) is 24.0 Å². The number of aliphatic hydroxyl groups is 1. The van der Waals surface area contributed by atoms with Gasteiger partial charge in [0.1, 0.15) is 11.5 Å². The van der Waals surface area contributed by atoms with Gasteiger partial charge in [-0.2, -0.15) is 0 Å². The molecule has 2 fully saturated rings. The van der Waals surface area contributed by atoms with E-state index in [0.717, 1.165) is 51.7 Å². The van der Waals surface area contributed by atoms with Crippen molar-refractivity contribution in [3.63, 3.8) is 0 Å². The van der Waals surface area contributed by atoms with Crippen LogP contribution >= 0.6 is 0 Å². The minimum Gasteiger partial charge on any atom is -0.465 e. The molecule has 0 amide bonds. The zero-order valence-electron chi connectivity index (χ0n) is 17.1. The first-order valence-corrected chi connectivity index (χ1v) is 10.6. The normalized spacial score (nSPS) is 23.7. The third kappa shape index (κ3) is 4.79. The average molecular weight is 408 g/mol. The van der Waals surface area contributed by atoms with Crippen LogP contribution in [0.2, 0.25) is 0 Å². The predicted molar refractivity (Wildman–Crippen MR) is 113 cm³/mol. The number of hydrogen-bond acceptors (Lipinski definition) is 5. The lowest BCUT2D eigenvalue weighted by molar-refractivity contribution is -0.106. The summed E-state index contributed by atoms with van der Waals surface area (Å²) in [5.41, 5.74) is -0.336. The van der Waals surface area contributed by atoms with Gasteiger partial charge in [-0.15, -0.1) is 6.42 Å². The maximum Gasteiger partial charge on any atom is 0.199 e. The molecule has 0 spiro atoms. The molecule has 158 valence electrons. The zero-order chi connectivity index (χ0) is 20.8. The molecule has 0 bridgehead atoms. The van der Waals surface area contributed by atoms with Crippen molar-refractivity contribution in [1.82, 2.24) is 0 Å². The molecule has 0 aliphatic carbocycles. The van der Waals surface area contributed by atoms with E-state index in [1.54, 1.807) is 24.3 Å². The monoisotopic (exact) mass is 408 g/mol. The summed E-state index contributed by atoms with van der Waals surface area (Å²) in [5, 5.41) is 11.2. The van der Waals surface area contributed by atoms with Crippen molar-refractivity contribution in [3.8, 4) is 23.8 Å². The molecule has 5 nitrogen and oxygen atoms in total. The van der Waals surface area contributed by atoms with Gasteiger partial charge in [0.25, 0.3) is 0 Å². The van der Waals surface area contributed by atoms with E-state index >= 15 is 0 Å². The summed E-state index contributed by atoms with van der Waals surface area (Å²) in [5.74, 6) is 3.93. The van der Waals surface area contributed by atoms with Crippen molar-refractivity contribution in [2.24, 2.45) is 0 Å². The largest absolute Gasteiger partial charge is 0.465 e. The summed E-state index contributed by atoms with van der Waals surface area (Å²) in [7, 11) is 0. The minimum absolute atomic E-state index is 0.211. The summed E-state index contributed by atoms with van der Waals surface area (Å²) in [6.45, 7) is 1.46. The maximum atomic E-state index is 11.2. The Balaban J connectivity index is 1.45. The highest BCUT2D eigenvalue weighted by atomic mass is 16.7. The molecule has 2 aromatic carbocycles. The van der Waals surface area contributed by atoms with E-state index in [0.29, 0.717) is 22.6 Å². The highest BCUT2D eigenvalue weighted by Crippen LogP contribution is 2.32. The van der Waals surface area contributed by atoms with E-state index in [4.69, 9.17) is 25.4 Å². The molecule has 5 heteroatoms. The molecular weight excluding hydrogens is 380 g/mol. The predicted octanol–water partition coefficient (Wildman–Crippen LogP) is 4.37. The number of ether oxygens (including phenoxy) is 4. The topological polar surface area (TPSA) is 57.2 Å². The van der Waals surface area contributed by atoms with Gasteiger partial charge in [-0.05, 0) is 49.9 Å². The number of hydrogen-bond donors (Lipinski definition) is 1. The molecule has 2 aromatic rings. The Morgan fingerprint density at radius 3 is 1.53 bits per heavy atom. The Bertz CT molecular complexity index is 777. The second-order valence-corrected chi connectivity index (χ2v) is 7.73. The molecule has 0 saturated carbocycles. The highest BCUT2D eigenvalue weighted by molar-refractivity contribution is 5.46. The fraction of sp³-hybridized carbons (Fsp3) is 0.440.